The summed E-state index contributed by atoms with van der Waals surface area (Å²) < 4.78 is 33.5. The largest absolute Gasteiger partial charge is 0.494 e. The van der Waals surface area contributed by atoms with E-state index < -0.39 is 10.0 Å². The minimum absolute atomic E-state index is 0.318. The molecule has 5 nitrogen and oxygen atoms in total. The van der Waals surface area contributed by atoms with Crippen molar-refractivity contribution in [1.29, 1.82) is 0 Å². The lowest BCUT2D eigenvalue weighted by Crippen LogP contribution is -2.43. The molecule has 0 radical (unpaired) electrons. The summed E-state index contributed by atoms with van der Waals surface area (Å²) in [6, 6.07) is 5.80. The number of thioether (sulfide) groups is 1. The second-order valence-corrected chi connectivity index (χ2v) is 10.1. The maximum absolute atomic E-state index is 12.6. The van der Waals surface area contributed by atoms with Gasteiger partial charge < -0.3 is 4.74 Å². The molecule has 0 aromatic heterocycles. The Balaban J connectivity index is 1.51. The fourth-order valence-corrected chi connectivity index (χ4v) is 6.21. The van der Waals surface area contributed by atoms with Gasteiger partial charge in [-0.25, -0.2) is 13.1 Å². The van der Waals surface area contributed by atoms with E-state index in [1.807, 2.05) is 13.8 Å². The van der Waals surface area contributed by atoms with Crippen LogP contribution in [-0.4, -0.2) is 57.1 Å². The van der Waals surface area contributed by atoms with Gasteiger partial charge in [-0.05, 0) is 81.6 Å². The van der Waals surface area contributed by atoms with Crippen LogP contribution in [0.15, 0.2) is 23.1 Å². The third-order valence-corrected chi connectivity index (χ3v) is 7.96. The first kappa shape index (κ1) is 20.0. The first-order valence-corrected chi connectivity index (χ1v) is 12.2. The Labute approximate surface area is 161 Å². The van der Waals surface area contributed by atoms with Crippen LogP contribution in [0, 0.1) is 12.8 Å². The predicted molar refractivity (Wildman–Crippen MR) is 108 cm³/mol. The van der Waals surface area contributed by atoms with Crippen LogP contribution in [-0.2, 0) is 10.0 Å². The minimum atomic E-state index is -3.47. The molecule has 0 bridgehead atoms. The summed E-state index contributed by atoms with van der Waals surface area (Å²) in [4.78, 5) is 2.92. The average Bonchev–Trinajstić information content (AvgIpc) is 3.17. The Bertz CT molecular complexity index is 695. The number of likely N-dealkylation sites (tertiary alicyclic amines) is 1. The normalized spacial score (nSPS) is 22.6. The summed E-state index contributed by atoms with van der Waals surface area (Å²) in [5.74, 6) is 3.71. The van der Waals surface area contributed by atoms with Crippen molar-refractivity contribution in [2.45, 2.75) is 44.0 Å². The molecule has 1 aromatic rings. The number of hydrogen-bond acceptors (Lipinski definition) is 5. The van der Waals surface area contributed by atoms with E-state index in [0.717, 1.165) is 43.3 Å². The zero-order chi connectivity index (χ0) is 18.6. The van der Waals surface area contributed by atoms with Crippen molar-refractivity contribution in [1.82, 2.24) is 9.62 Å². The second-order valence-electron chi connectivity index (χ2n) is 7.21. The highest BCUT2D eigenvalue weighted by Crippen LogP contribution is 2.27. The lowest BCUT2D eigenvalue weighted by atomic mass is 9.96. The molecule has 0 saturated carbocycles. The average molecular weight is 399 g/mol. The molecule has 26 heavy (non-hydrogen) atoms. The van der Waals surface area contributed by atoms with Crippen molar-refractivity contribution in [3.8, 4) is 5.75 Å². The summed E-state index contributed by atoms with van der Waals surface area (Å²) in [6.07, 6.45) is 3.46. The molecule has 7 heteroatoms. The fourth-order valence-electron chi connectivity index (χ4n) is 3.75. The molecule has 0 aliphatic carbocycles. The van der Waals surface area contributed by atoms with Crippen molar-refractivity contribution in [3.63, 3.8) is 0 Å². The van der Waals surface area contributed by atoms with Gasteiger partial charge in [0.25, 0.3) is 0 Å². The molecule has 2 aliphatic heterocycles. The van der Waals surface area contributed by atoms with Gasteiger partial charge in [0.1, 0.15) is 5.75 Å². The summed E-state index contributed by atoms with van der Waals surface area (Å²) in [5, 5.41) is 0. The molecule has 2 heterocycles. The van der Waals surface area contributed by atoms with Gasteiger partial charge in [-0.2, -0.15) is 11.8 Å². The number of rotatable bonds is 7. The molecule has 2 aliphatic rings. The van der Waals surface area contributed by atoms with E-state index in [0.29, 0.717) is 24.0 Å². The van der Waals surface area contributed by atoms with Crippen LogP contribution >= 0.6 is 11.8 Å². The molecule has 0 amide bonds. The molecule has 2 fully saturated rings. The molecule has 1 N–H and O–H groups in total. The summed E-state index contributed by atoms with van der Waals surface area (Å²) in [6.45, 7) is 7.09. The number of aryl methyl sites for hydroxylation is 1. The number of piperidine rings is 1. The zero-order valence-corrected chi connectivity index (χ0v) is 17.4. The van der Waals surface area contributed by atoms with E-state index >= 15 is 0 Å². The van der Waals surface area contributed by atoms with Crippen molar-refractivity contribution in [2.24, 2.45) is 5.92 Å². The third kappa shape index (κ3) is 4.94. The maximum Gasteiger partial charge on any atom is 0.240 e. The van der Waals surface area contributed by atoms with Crippen LogP contribution in [0.4, 0.5) is 0 Å². The van der Waals surface area contributed by atoms with Crippen molar-refractivity contribution < 1.29 is 13.2 Å². The Morgan fingerprint density at radius 1 is 1.27 bits per heavy atom. The van der Waals surface area contributed by atoms with Gasteiger partial charge >= 0.3 is 0 Å². The molecule has 1 atom stereocenters. The van der Waals surface area contributed by atoms with Crippen molar-refractivity contribution in [2.75, 3.05) is 37.7 Å². The van der Waals surface area contributed by atoms with E-state index in [4.69, 9.17) is 4.74 Å². The lowest BCUT2D eigenvalue weighted by Gasteiger charge is -2.35. The number of benzene rings is 1. The van der Waals surface area contributed by atoms with Gasteiger partial charge in [-0.3, -0.25) is 4.90 Å². The van der Waals surface area contributed by atoms with Crippen LogP contribution in [0.3, 0.4) is 0 Å². The minimum Gasteiger partial charge on any atom is -0.494 e. The highest BCUT2D eigenvalue weighted by atomic mass is 32.2. The molecule has 1 aromatic carbocycles. The van der Waals surface area contributed by atoms with Crippen LogP contribution in [0.1, 0.15) is 31.7 Å². The summed E-state index contributed by atoms with van der Waals surface area (Å²) in [7, 11) is -3.47. The van der Waals surface area contributed by atoms with Gasteiger partial charge in [0.15, 0.2) is 0 Å². The topological polar surface area (TPSA) is 58.6 Å². The van der Waals surface area contributed by atoms with E-state index in [1.165, 1.54) is 17.9 Å². The molecule has 3 rings (SSSR count). The Morgan fingerprint density at radius 3 is 2.65 bits per heavy atom. The van der Waals surface area contributed by atoms with Gasteiger partial charge in [-0.1, -0.05) is 0 Å². The molecule has 0 spiro atoms. The second kappa shape index (κ2) is 8.95. The van der Waals surface area contributed by atoms with E-state index in [9.17, 15) is 8.42 Å². The highest BCUT2D eigenvalue weighted by molar-refractivity contribution is 7.99. The zero-order valence-electron chi connectivity index (χ0n) is 15.7. The van der Waals surface area contributed by atoms with E-state index in [1.54, 1.807) is 18.2 Å². The number of ether oxygens (including phenoxy) is 1. The van der Waals surface area contributed by atoms with Crippen LogP contribution < -0.4 is 9.46 Å². The van der Waals surface area contributed by atoms with Gasteiger partial charge in [0.05, 0.1) is 11.5 Å². The fraction of sp³-hybridized carbons (Fsp3) is 0.684. The summed E-state index contributed by atoms with van der Waals surface area (Å²) in [5.41, 5.74) is 0.845. The number of nitrogens with zero attached hydrogens (tertiary/aromatic N) is 1. The Morgan fingerprint density at radius 2 is 2.04 bits per heavy atom. The predicted octanol–water partition coefficient (Wildman–Crippen LogP) is 2.89. The van der Waals surface area contributed by atoms with Gasteiger partial charge in [0.2, 0.25) is 10.0 Å². The number of sulfonamides is 1. The van der Waals surface area contributed by atoms with Crippen LogP contribution in [0.5, 0.6) is 5.75 Å². The van der Waals surface area contributed by atoms with E-state index in [2.05, 4.69) is 21.4 Å². The maximum atomic E-state index is 12.6. The Hall–Kier alpha value is -0.760. The molecular weight excluding hydrogens is 368 g/mol. The van der Waals surface area contributed by atoms with Gasteiger partial charge in [0, 0.05) is 18.3 Å². The first-order valence-electron chi connectivity index (χ1n) is 9.54. The third-order valence-electron chi connectivity index (χ3n) is 5.39. The number of nitrogens with one attached hydrogen (secondary N) is 1. The van der Waals surface area contributed by atoms with Crippen molar-refractivity contribution >= 4 is 21.8 Å². The highest BCUT2D eigenvalue weighted by Gasteiger charge is 2.28. The quantitative estimate of drug-likeness (QED) is 0.765. The SMILES string of the molecule is CCOc1ccc(S(=O)(=O)NCC2CCN([C@@H]3CCSC3)CC2)cc1C. The van der Waals surface area contributed by atoms with Crippen molar-refractivity contribution in [3.05, 3.63) is 23.8 Å². The number of hydrogen-bond donors (Lipinski definition) is 1. The Kier molecular flexibility index (Phi) is 6.88. The lowest BCUT2D eigenvalue weighted by molar-refractivity contribution is 0.145. The molecule has 146 valence electrons. The van der Waals surface area contributed by atoms with Gasteiger partial charge in [-0.15, -0.1) is 0 Å². The standard InChI is InChI=1S/C19H30N2O3S2/c1-3-24-19-5-4-18(12-15(19)2)26(22,23)20-13-16-6-9-21(10-7-16)17-8-11-25-14-17/h4-5,12,16-17,20H,3,6-11,13-14H2,1-2H3/t17-/m1/s1. The monoisotopic (exact) mass is 398 g/mol. The first-order chi connectivity index (χ1) is 12.5. The molecular formula is C19H30N2O3S2. The molecule has 0 unspecified atom stereocenters. The van der Waals surface area contributed by atoms with Crippen LogP contribution in [0.2, 0.25) is 0 Å². The molecule has 2 saturated heterocycles. The smallest absolute Gasteiger partial charge is 0.240 e. The van der Waals surface area contributed by atoms with E-state index in [-0.39, 0.29) is 0 Å². The summed E-state index contributed by atoms with van der Waals surface area (Å²) >= 11 is 2.05. The van der Waals surface area contributed by atoms with Crippen LogP contribution in [0.25, 0.3) is 0 Å².